The topological polar surface area (TPSA) is 52.5 Å². The summed E-state index contributed by atoms with van der Waals surface area (Å²) in [6, 6.07) is 4.38. The summed E-state index contributed by atoms with van der Waals surface area (Å²) in [5.74, 6) is -3.58. The van der Waals surface area contributed by atoms with Crippen molar-refractivity contribution < 1.29 is 23.4 Å². The molecule has 0 saturated carbocycles. The zero-order valence-corrected chi connectivity index (χ0v) is 10.5. The van der Waals surface area contributed by atoms with Crippen LogP contribution in [-0.2, 0) is 0 Å². The molecule has 0 bridgehead atoms. The largest absolute Gasteiger partial charge is 0.508 e. The third-order valence-electron chi connectivity index (χ3n) is 2.86. The quantitative estimate of drug-likeness (QED) is 0.595. The number of anilines is 1. The Morgan fingerprint density at radius 1 is 0.950 bits per heavy atom. The number of halogens is 3. The minimum atomic E-state index is -1.28. The van der Waals surface area contributed by atoms with E-state index >= 15 is 0 Å². The fraction of sp³-hybridized carbons (Fsp3) is 0.143. The molecule has 0 aliphatic heterocycles. The summed E-state index contributed by atoms with van der Waals surface area (Å²) < 4.78 is 39.4. The number of benzene rings is 2. The Bertz CT molecular complexity index is 647. The van der Waals surface area contributed by atoms with Gasteiger partial charge in [-0.05, 0) is 25.1 Å². The molecule has 6 heteroatoms. The SMILES string of the molecule is CC(Nc1cc(F)c(F)cc1F)c1cc(O)ccc1O. The van der Waals surface area contributed by atoms with Crippen LogP contribution in [0.15, 0.2) is 30.3 Å². The maximum atomic E-state index is 13.5. The van der Waals surface area contributed by atoms with E-state index in [0.29, 0.717) is 17.7 Å². The Balaban J connectivity index is 2.30. The average Bonchev–Trinajstić information content (AvgIpc) is 2.38. The van der Waals surface area contributed by atoms with E-state index in [2.05, 4.69) is 5.32 Å². The molecule has 106 valence electrons. The van der Waals surface area contributed by atoms with Crippen LogP contribution in [0.25, 0.3) is 0 Å². The molecule has 0 heterocycles. The first-order valence-corrected chi connectivity index (χ1v) is 5.81. The lowest BCUT2D eigenvalue weighted by atomic mass is 10.1. The van der Waals surface area contributed by atoms with Crippen molar-refractivity contribution in [3.8, 4) is 11.5 Å². The highest BCUT2D eigenvalue weighted by molar-refractivity contribution is 5.50. The van der Waals surface area contributed by atoms with Gasteiger partial charge in [-0.2, -0.15) is 0 Å². The third-order valence-corrected chi connectivity index (χ3v) is 2.86. The Hall–Kier alpha value is -2.37. The van der Waals surface area contributed by atoms with Gasteiger partial charge >= 0.3 is 0 Å². The van der Waals surface area contributed by atoms with Gasteiger partial charge in [-0.25, -0.2) is 13.2 Å². The van der Waals surface area contributed by atoms with Crippen molar-refractivity contribution in [2.45, 2.75) is 13.0 Å². The molecule has 1 atom stereocenters. The third kappa shape index (κ3) is 2.79. The molecule has 0 spiro atoms. The van der Waals surface area contributed by atoms with Crippen LogP contribution in [0.5, 0.6) is 11.5 Å². The van der Waals surface area contributed by atoms with Crippen molar-refractivity contribution in [3.05, 3.63) is 53.3 Å². The molecule has 2 aromatic rings. The second kappa shape index (κ2) is 5.32. The van der Waals surface area contributed by atoms with Crippen molar-refractivity contribution in [2.24, 2.45) is 0 Å². The van der Waals surface area contributed by atoms with Crippen molar-refractivity contribution in [2.75, 3.05) is 5.32 Å². The molecule has 3 nitrogen and oxygen atoms in total. The van der Waals surface area contributed by atoms with Gasteiger partial charge in [0.15, 0.2) is 11.6 Å². The predicted octanol–water partition coefficient (Wildman–Crippen LogP) is 3.69. The first kappa shape index (κ1) is 14.0. The van der Waals surface area contributed by atoms with Crippen LogP contribution >= 0.6 is 0 Å². The second-order valence-corrected chi connectivity index (χ2v) is 4.36. The summed E-state index contributed by atoms with van der Waals surface area (Å²) in [5, 5.41) is 21.6. The lowest BCUT2D eigenvalue weighted by Gasteiger charge is -2.17. The average molecular weight is 283 g/mol. The number of nitrogens with one attached hydrogen (secondary N) is 1. The zero-order chi connectivity index (χ0) is 14.9. The number of aromatic hydroxyl groups is 2. The van der Waals surface area contributed by atoms with E-state index in [4.69, 9.17) is 0 Å². The van der Waals surface area contributed by atoms with Gasteiger partial charge < -0.3 is 15.5 Å². The molecule has 0 aromatic heterocycles. The van der Waals surface area contributed by atoms with Crippen molar-refractivity contribution >= 4 is 5.69 Å². The molecule has 0 saturated heterocycles. The Morgan fingerprint density at radius 2 is 1.60 bits per heavy atom. The van der Waals surface area contributed by atoms with Gasteiger partial charge in [-0.1, -0.05) is 0 Å². The van der Waals surface area contributed by atoms with Crippen LogP contribution in [0.1, 0.15) is 18.5 Å². The van der Waals surface area contributed by atoms with Gasteiger partial charge in [-0.15, -0.1) is 0 Å². The van der Waals surface area contributed by atoms with E-state index in [1.165, 1.54) is 18.2 Å². The van der Waals surface area contributed by atoms with E-state index < -0.39 is 23.5 Å². The highest BCUT2D eigenvalue weighted by atomic mass is 19.2. The summed E-state index contributed by atoms with van der Waals surface area (Å²) in [5.41, 5.74) is 0.0632. The first-order chi connectivity index (χ1) is 9.38. The lowest BCUT2D eigenvalue weighted by Crippen LogP contribution is -2.09. The second-order valence-electron chi connectivity index (χ2n) is 4.36. The molecule has 0 aliphatic carbocycles. The van der Waals surface area contributed by atoms with E-state index in [0.717, 1.165) is 0 Å². The number of phenolic OH excluding ortho intramolecular Hbond substituents is 2. The Labute approximate surface area is 113 Å². The van der Waals surface area contributed by atoms with E-state index in [-0.39, 0.29) is 17.2 Å². The van der Waals surface area contributed by atoms with Gasteiger partial charge in [0.1, 0.15) is 17.3 Å². The minimum Gasteiger partial charge on any atom is -0.508 e. The molecule has 20 heavy (non-hydrogen) atoms. The maximum absolute atomic E-state index is 13.5. The summed E-state index contributed by atoms with van der Waals surface area (Å²) in [6.45, 7) is 1.58. The van der Waals surface area contributed by atoms with Crippen molar-refractivity contribution in [1.29, 1.82) is 0 Å². The monoisotopic (exact) mass is 283 g/mol. The predicted molar refractivity (Wildman–Crippen MR) is 68.1 cm³/mol. The fourth-order valence-corrected chi connectivity index (χ4v) is 1.83. The minimum absolute atomic E-state index is 0.0720. The van der Waals surface area contributed by atoms with Crippen LogP contribution in [0.3, 0.4) is 0 Å². The van der Waals surface area contributed by atoms with Gasteiger partial charge in [0.25, 0.3) is 0 Å². The van der Waals surface area contributed by atoms with Crippen LogP contribution in [-0.4, -0.2) is 10.2 Å². The maximum Gasteiger partial charge on any atom is 0.161 e. The fourth-order valence-electron chi connectivity index (χ4n) is 1.83. The molecule has 0 fully saturated rings. The molecule has 2 aromatic carbocycles. The van der Waals surface area contributed by atoms with Crippen LogP contribution in [0.2, 0.25) is 0 Å². The zero-order valence-electron chi connectivity index (χ0n) is 10.5. The molecule has 0 aliphatic rings. The first-order valence-electron chi connectivity index (χ1n) is 5.81. The Kier molecular flexibility index (Phi) is 3.74. The molecule has 1 unspecified atom stereocenters. The highest BCUT2D eigenvalue weighted by Crippen LogP contribution is 2.31. The number of hydrogen-bond acceptors (Lipinski definition) is 3. The molecule has 2 rings (SSSR count). The summed E-state index contributed by atoms with van der Waals surface area (Å²) in [7, 11) is 0. The van der Waals surface area contributed by atoms with E-state index in [9.17, 15) is 23.4 Å². The van der Waals surface area contributed by atoms with Crippen LogP contribution in [0, 0.1) is 17.5 Å². The lowest BCUT2D eigenvalue weighted by molar-refractivity contribution is 0.451. The number of rotatable bonds is 3. The normalized spacial score (nSPS) is 12.2. The highest BCUT2D eigenvalue weighted by Gasteiger charge is 2.15. The smallest absolute Gasteiger partial charge is 0.161 e. The van der Waals surface area contributed by atoms with Crippen LogP contribution < -0.4 is 5.32 Å². The summed E-state index contributed by atoms with van der Waals surface area (Å²) in [4.78, 5) is 0. The van der Waals surface area contributed by atoms with Crippen molar-refractivity contribution in [3.63, 3.8) is 0 Å². The molecular weight excluding hydrogens is 271 g/mol. The molecular formula is C14H12F3NO2. The molecule has 0 amide bonds. The van der Waals surface area contributed by atoms with Gasteiger partial charge in [-0.3, -0.25) is 0 Å². The van der Waals surface area contributed by atoms with Gasteiger partial charge in [0.2, 0.25) is 0 Å². The standard InChI is InChI=1S/C14H12F3NO2/c1-7(9-4-8(19)2-3-14(9)20)18-13-6-11(16)10(15)5-12(13)17/h2-7,18-20H,1H3. The Morgan fingerprint density at radius 3 is 2.30 bits per heavy atom. The number of phenols is 2. The summed E-state index contributed by atoms with van der Waals surface area (Å²) >= 11 is 0. The summed E-state index contributed by atoms with van der Waals surface area (Å²) in [6.07, 6.45) is 0. The van der Waals surface area contributed by atoms with Crippen molar-refractivity contribution in [1.82, 2.24) is 0 Å². The molecule has 0 radical (unpaired) electrons. The van der Waals surface area contributed by atoms with E-state index in [1.807, 2.05) is 0 Å². The molecule has 3 N–H and O–H groups in total. The van der Waals surface area contributed by atoms with Gasteiger partial charge in [0, 0.05) is 17.7 Å². The number of hydrogen-bond donors (Lipinski definition) is 3. The van der Waals surface area contributed by atoms with Crippen LogP contribution in [0.4, 0.5) is 18.9 Å². The van der Waals surface area contributed by atoms with Gasteiger partial charge in [0.05, 0.1) is 11.7 Å². The van der Waals surface area contributed by atoms with E-state index in [1.54, 1.807) is 6.92 Å².